The highest BCUT2D eigenvalue weighted by Crippen LogP contribution is 2.26. The summed E-state index contributed by atoms with van der Waals surface area (Å²) in [6, 6.07) is 0.357. The average molecular weight is 280 g/mol. The van der Waals surface area contributed by atoms with Crippen molar-refractivity contribution in [1.29, 1.82) is 0 Å². The fraction of sp³-hybridized carbons (Fsp3) is 0.812. The average Bonchev–Trinajstić information content (AvgIpc) is 2.71. The third kappa shape index (κ3) is 5.83. The second-order valence-electron chi connectivity index (χ2n) is 7.09. The molecule has 2 N–H and O–H groups in total. The van der Waals surface area contributed by atoms with Crippen LogP contribution in [0.3, 0.4) is 0 Å². The molecule has 0 bridgehead atoms. The summed E-state index contributed by atoms with van der Waals surface area (Å²) in [6.45, 7) is 10.2. The SMILES string of the molecule is C#CC(C)(C)NC1CCCC1CNC(=O)OC(C)(C)C. The quantitative estimate of drug-likeness (QED) is 0.778. The van der Waals surface area contributed by atoms with Crippen molar-refractivity contribution in [3.8, 4) is 12.3 Å². The minimum atomic E-state index is -0.455. The lowest BCUT2D eigenvalue weighted by molar-refractivity contribution is 0.0517. The number of terminal acetylenes is 1. The van der Waals surface area contributed by atoms with E-state index in [1.165, 1.54) is 6.42 Å². The Morgan fingerprint density at radius 1 is 1.30 bits per heavy atom. The summed E-state index contributed by atoms with van der Waals surface area (Å²) in [4.78, 5) is 11.7. The zero-order valence-corrected chi connectivity index (χ0v) is 13.4. The van der Waals surface area contributed by atoms with Gasteiger partial charge in [0.05, 0.1) is 5.54 Å². The smallest absolute Gasteiger partial charge is 0.407 e. The Morgan fingerprint density at radius 3 is 2.50 bits per heavy atom. The van der Waals surface area contributed by atoms with E-state index in [2.05, 4.69) is 16.6 Å². The molecule has 0 heterocycles. The third-order valence-corrected chi connectivity index (χ3v) is 3.47. The van der Waals surface area contributed by atoms with Crippen LogP contribution < -0.4 is 10.6 Å². The van der Waals surface area contributed by atoms with Crippen LogP contribution in [0, 0.1) is 18.3 Å². The van der Waals surface area contributed by atoms with Gasteiger partial charge >= 0.3 is 6.09 Å². The van der Waals surface area contributed by atoms with Crippen LogP contribution in [0.1, 0.15) is 53.9 Å². The maximum Gasteiger partial charge on any atom is 0.407 e. The van der Waals surface area contributed by atoms with Crippen LogP contribution in [0.2, 0.25) is 0 Å². The first-order valence-electron chi connectivity index (χ1n) is 7.35. The molecule has 2 unspecified atom stereocenters. The molecule has 1 aliphatic carbocycles. The molecule has 2 atom stereocenters. The third-order valence-electron chi connectivity index (χ3n) is 3.47. The van der Waals surface area contributed by atoms with Gasteiger partial charge < -0.3 is 10.1 Å². The Morgan fingerprint density at radius 2 is 1.95 bits per heavy atom. The van der Waals surface area contributed by atoms with Gasteiger partial charge in [0.2, 0.25) is 0 Å². The van der Waals surface area contributed by atoms with Gasteiger partial charge in [-0.3, -0.25) is 5.32 Å². The van der Waals surface area contributed by atoms with Gasteiger partial charge in [0.15, 0.2) is 0 Å². The van der Waals surface area contributed by atoms with Crippen LogP contribution in [0.5, 0.6) is 0 Å². The van der Waals surface area contributed by atoms with Gasteiger partial charge in [-0.25, -0.2) is 4.79 Å². The maximum atomic E-state index is 11.7. The van der Waals surface area contributed by atoms with Crippen molar-refractivity contribution in [3.05, 3.63) is 0 Å². The summed E-state index contributed by atoms with van der Waals surface area (Å²) in [7, 11) is 0. The number of nitrogens with one attached hydrogen (secondary N) is 2. The standard InChI is InChI=1S/C16H28N2O2/c1-7-16(5,6)18-13-10-8-9-12(13)11-17-14(19)20-15(2,3)4/h1,12-13,18H,8-11H2,2-6H3,(H,17,19). The van der Waals surface area contributed by atoms with Gasteiger partial charge in [0.1, 0.15) is 5.60 Å². The molecule has 114 valence electrons. The van der Waals surface area contributed by atoms with Crippen molar-refractivity contribution in [2.24, 2.45) is 5.92 Å². The second kappa shape index (κ2) is 6.49. The summed E-state index contributed by atoms with van der Waals surface area (Å²) >= 11 is 0. The van der Waals surface area contributed by atoms with Crippen LogP contribution in [0.4, 0.5) is 4.79 Å². The van der Waals surface area contributed by atoms with Crippen molar-refractivity contribution >= 4 is 6.09 Å². The minimum absolute atomic E-state index is 0.306. The lowest BCUT2D eigenvalue weighted by atomic mass is 9.98. The zero-order valence-electron chi connectivity index (χ0n) is 13.4. The molecule has 0 aromatic heterocycles. The van der Waals surface area contributed by atoms with E-state index in [4.69, 9.17) is 11.2 Å². The van der Waals surface area contributed by atoms with Crippen LogP contribution in [-0.4, -0.2) is 29.8 Å². The summed E-state index contributed by atoms with van der Waals surface area (Å²) in [6.07, 6.45) is 8.55. The maximum absolute atomic E-state index is 11.7. The monoisotopic (exact) mass is 280 g/mol. The van der Waals surface area contributed by atoms with Gasteiger partial charge in [-0.05, 0) is 53.4 Å². The molecule has 4 heteroatoms. The number of hydrogen-bond donors (Lipinski definition) is 2. The molecule has 0 aliphatic heterocycles. The van der Waals surface area contributed by atoms with E-state index in [9.17, 15) is 4.79 Å². The Labute approximate surface area is 123 Å². The van der Waals surface area contributed by atoms with Crippen LogP contribution in [0.25, 0.3) is 0 Å². The Hall–Kier alpha value is -1.21. The van der Waals surface area contributed by atoms with Crippen molar-refractivity contribution in [1.82, 2.24) is 10.6 Å². The van der Waals surface area contributed by atoms with Crippen LogP contribution >= 0.6 is 0 Å². The number of amides is 1. The van der Waals surface area contributed by atoms with E-state index in [0.717, 1.165) is 12.8 Å². The van der Waals surface area contributed by atoms with Crippen molar-refractivity contribution in [2.75, 3.05) is 6.54 Å². The first-order chi connectivity index (χ1) is 9.13. The van der Waals surface area contributed by atoms with Crippen molar-refractivity contribution in [3.63, 3.8) is 0 Å². The Balaban J connectivity index is 2.43. The molecule has 0 spiro atoms. The highest BCUT2D eigenvalue weighted by Gasteiger charge is 2.31. The number of rotatable bonds is 4. The molecule has 1 rings (SSSR count). The summed E-state index contributed by atoms with van der Waals surface area (Å²) in [5.74, 6) is 3.17. The minimum Gasteiger partial charge on any atom is -0.444 e. The molecule has 0 aromatic carbocycles. The molecule has 1 aliphatic rings. The summed E-state index contributed by atoms with van der Waals surface area (Å²) in [5.41, 5.74) is -0.762. The van der Waals surface area contributed by atoms with E-state index in [1.54, 1.807) is 0 Å². The van der Waals surface area contributed by atoms with Gasteiger partial charge in [-0.15, -0.1) is 6.42 Å². The molecule has 0 radical (unpaired) electrons. The van der Waals surface area contributed by atoms with Gasteiger partial charge in [0.25, 0.3) is 0 Å². The fourth-order valence-corrected chi connectivity index (χ4v) is 2.50. The zero-order chi connectivity index (χ0) is 15.4. The predicted octanol–water partition coefficient (Wildman–Crippen LogP) is 2.68. The molecule has 1 fully saturated rings. The van der Waals surface area contributed by atoms with E-state index in [0.29, 0.717) is 18.5 Å². The number of alkyl carbamates (subject to hydrolysis) is 1. The highest BCUT2D eigenvalue weighted by molar-refractivity contribution is 5.67. The largest absolute Gasteiger partial charge is 0.444 e. The molecule has 1 saturated carbocycles. The molecule has 4 nitrogen and oxygen atoms in total. The normalized spacial score (nSPS) is 23.2. The number of carbonyl (C=O) groups is 1. The van der Waals surface area contributed by atoms with E-state index in [-0.39, 0.29) is 11.6 Å². The van der Waals surface area contributed by atoms with E-state index >= 15 is 0 Å². The topological polar surface area (TPSA) is 50.4 Å². The second-order valence-corrected chi connectivity index (χ2v) is 7.09. The number of hydrogen-bond acceptors (Lipinski definition) is 3. The highest BCUT2D eigenvalue weighted by atomic mass is 16.6. The van der Waals surface area contributed by atoms with Crippen LogP contribution in [-0.2, 0) is 4.74 Å². The fourth-order valence-electron chi connectivity index (χ4n) is 2.50. The van der Waals surface area contributed by atoms with Crippen molar-refractivity contribution < 1.29 is 9.53 Å². The lowest BCUT2D eigenvalue weighted by Crippen LogP contribution is -2.48. The Bertz CT molecular complexity index is 377. The van der Waals surface area contributed by atoms with Crippen molar-refractivity contribution in [2.45, 2.75) is 71.1 Å². The molecule has 20 heavy (non-hydrogen) atoms. The van der Waals surface area contributed by atoms with E-state index in [1.807, 2.05) is 34.6 Å². The molecule has 1 amide bonds. The summed E-state index contributed by atoms with van der Waals surface area (Å²) in [5, 5.41) is 6.36. The number of carbonyl (C=O) groups excluding carboxylic acids is 1. The lowest BCUT2D eigenvalue weighted by Gasteiger charge is -2.29. The molecule has 0 saturated heterocycles. The van der Waals surface area contributed by atoms with E-state index < -0.39 is 5.60 Å². The summed E-state index contributed by atoms with van der Waals surface area (Å²) < 4.78 is 5.25. The van der Waals surface area contributed by atoms with Gasteiger partial charge in [0, 0.05) is 12.6 Å². The molecular formula is C16H28N2O2. The molecule has 0 aromatic rings. The van der Waals surface area contributed by atoms with Gasteiger partial charge in [-0.1, -0.05) is 12.3 Å². The Kier molecular flexibility index (Phi) is 5.47. The molecular weight excluding hydrogens is 252 g/mol. The van der Waals surface area contributed by atoms with Crippen LogP contribution in [0.15, 0.2) is 0 Å². The number of ether oxygens (including phenoxy) is 1. The predicted molar refractivity (Wildman–Crippen MR) is 81.4 cm³/mol. The van der Waals surface area contributed by atoms with Gasteiger partial charge in [-0.2, -0.15) is 0 Å². The first kappa shape index (κ1) is 16.8. The first-order valence-corrected chi connectivity index (χ1v) is 7.35.